The molecule has 0 aliphatic heterocycles. The van der Waals surface area contributed by atoms with E-state index in [0.29, 0.717) is 0 Å². The maximum Gasteiger partial charge on any atom is 0.306 e. The maximum absolute atomic E-state index is 12.1. The minimum atomic E-state index is -1.06. The molecule has 3 rings (SSSR count). The average molecular weight is 409 g/mol. The third-order valence-corrected chi connectivity index (χ3v) is 5.03. The number of ketones is 1. The van der Waals surface area contributed by atoms with Gasteiger partial charge in [0.15, 0.2) is 5.78 Å². The second-order valence-corrected chi connectivity index (χ2v) is 7.12. The average Bonchev–Trinajstić information content (AvgIpc) is 3.07. The van der Waals surface area contributed by atoms with Crippen molar-refractivity contribution in [2.24, 2.45) is 0 Å². The summed E-state index contributed by atoms with van der Waals surface area (Å²) in [4.78, 5) is 45.8. The highest BCUT2D eigenvalue weighted by Gasteiger charge is 2.29. The van der Waals surface area contributed by atoms with Crippen molar-refractivity contribution < 1.29 is 29.0 Å². The summed E-state index contributed by atoms with van der Waals surface area (Å²) >= 11 is 0. The number of esters is 1. The topological polar surface area (TPSA) is 110 Å². The molecule has 2 aromatic rings. The largest absolute Gasteiger partial charge is 0.481 e. The van der Waals surface area contributed by atoms with Gasteiger partial charge in [-0.3, -0.25) is 19.2 Å². The number of carbonyl (C=O) groups excluding carboxylic acids is 3. The van der Waals surface area contributed by atoms with E-state index in [4.69, 9.17) is 9.84 Å². The van der Waals surface area contributed by atoms with Crippen LogP contribution in [0.15, 0.2) is 48.5 Å². The number of hydrogen-bond acceptors (Lipinski definition) is 5. The van der Waals surface area contributed by atoms with E-state index >= 15 is 0 Å². The number of ether oxygens (including phenoxy) is 1. The lowest BCUT2D eigenvalue weighted by molar-refractivity contribution is -0.145. The third-order valence-electron chi connectivity index (χ3n) is 5.03. The summed E-state index contributed by atoms with van der Waals surface area (Å²) in [5, 5.41) is 10.9. The van der Waals surface area contributed by atoms with Gasteiger partial charge in [-0.25, -0.2) is 0 Å². The molecule has 0 fully saturated rings. The highest BCUT2D eigenvalue weighted by Crippen LogP contribution is 2.44. The Morgan fingerprint density at radius 3 is 2.03 bits per heavy atom. The first-order valence-electron chi connectivity index (χ1n) is 9.79. The lowest BCUT2D eigenvalue weighted by Gasteiger charge is -2.14. The molecule has 0 heterocycles. The summed E-state index contributed by atoms with van der Waals surface area (Å²) in [6, 6.07) is 16.1. The third kappa shape index (κ3) is 5.31. The van der Waals surface area contributed by atoms with Gasteiger partial charge in [0.1, 0.15) is 6.61 Å². The molecule has 2 N–H and O–H groups in total. The number of benzene rings is 2. The molecule has 1 aliphatic carbocycles. The monoisotopic (exact) mass is 409 g/mol. The number of aliphatic carboxylic acids is 1. The van der Waals surface area contributed by atoms with E-state index in [0.717, 1.165) is 22.3 Å². The lowest BCUT2D eigenvalue weighted by Crippen LogP contribution is -2.30. The van der Waals surface area contributed by atoms with Crippen LogP contribution in [0.4, 0.5) is 0 Å². The second-order valence-electron chi connectivity index (χ2n) is 7.12. The molecule has 30 heavy (non-hydrogen) atoms. The molecule has 156 valence electrons. The van der Waals surface area contributed by atoms with Crippen LogP contribution in [0.3, 0.4) is 0 Å². The Morgan fingerprint density at radius 2 is 1.43 bits per heavy atom. The minimum absolute atomic E-state index is 0.0398. The number of nitrogens with one attached hydrogen (secondary N) is 1. The zero-order valence-corrected chi connectivity index (χ0v) is 16.4. The standard InChI is InChI=1S/C23H23NO6/c25-15(9-11-22(27)28)13-24-21(26)10-12-23(29)30-14-20-18-7-3-1-5-16(18)17-6-2-4-8-19(17)20/h1-8,20H,9-14H2,(H,24,26)(H,27,28). The van der Waals surface area contributed by atoms with Crippen molar-refractivity contribution in [2.75, 3.05) is 13.2 Å². The van der Waals surface area contributed by atoms with Crippen molar-refractivity contribution in [3.8, 4) is 11.1 Å². The molecule has 0 bridgehead atoms. The molecular formula is C23H23NO6. The normalized spacial score (nSPS) is 12.0. The van der Waals surface area contributed by atoms with E-state index in [-0.39, 0.29) is 50.5 Å². The van der Waals surface area contributed by atoms with Crippen LogP contribution in [0.25, 0.3) is 11.1 Å². The fourth-order valence-corrected chi connectivity index (χ4v) is 3.52. The molecule has 0 radical (unpaired) electrons. The molecule has 1 aliphatic rings. The molecule has 0 atom stereocenters. The van der Waals surface area contributed by atoms with Gasteiger partial charge in [-0.1, -0.05) is 48.5 Å². The van der Waals surface area contributed by atoms with E-state index < -0.39 is 17.8 Å². The molecule has 0 saturated carbocycles. The predicted molar refractivity (Wildman–Crippen MR) is 109 cm³/mol. The number of amides is 1. The number of carboxylic acids is 1. The summed E-state index contributed by atoms with van der Waals surface area (Å²) in [6.45, 7) is -0.0427. The first-order valence-corrected chi connectivity index (χ1v) is 9.79. The van der Waals surface area contributed by atoms with Gasteiger partial charge < -0.3 is 15.2 Å². The van der Waals surface area contributed by atoms with Crippen LogP contribution in [-0.4, -0.2) is 41.9 Å². The van der Waals surface area contributed by atoms with Crippen molar-refractivity contribution in [1.29, 1.82) is 0 Å². The van der Waals surface area contributed by atoms with Gasteiger partial charge in [0.2, 0.25) is 5.91 Å². The van der Waals surface area contributed by atoms with Gasteiger partial charge in [-0.15, -0.1) is 0 Å². The van der Waals surface area contributed by atoms with E-state index in [1.54, 1.807) is 0 Å². The summed E-state index contributed by atoms with van der Waals surface area (Å²) in [5.74, 6) is -2.41. The molecule has 2 aromatic carbocycles. The molecule has 7 nitrogen and oxygen atoms in total. The van der Waals surface area contributed by atoms with Crippen LogP contribution in [0.1, 0.15) is 42.7 Å². The molecule has 1 amide bonds. The summed E-state index contributed by atoms with van der Waals surface area (Å²) < 4.78 is 5.43. The molecule has 0 unspecified atom stereocenters. The predicted octanol–water partition coefficient (Wildman–Crippen LogP) is 2.67. The SMILES string of the molecule is O=C(O)CCC(=O)CNC(=O)CCC(=O)OCC1c2ccccc2-c2ccccc21. The van der Waals surface area contributed by atoms with Crippen LogP contribution in [-0.2, 0) is 23.9 Å². The number of rotatable bonds is 10. The molecule has 0 spiro atoms. The van der Waals surface area contributed by atoms with E-state index in [2.05, 4.69) is 17.4 Å². The number of carboxylic acid groups (broad SMARTS) is 1. The van der Waals surface area contributed by atoms with Crippen molar-refractivity contribution >= 4 is 23.6 Å². The van der Waals surface area contributed by atoms with Gasteiger partial charge >= 0.3 is 11.9 Å². The number of carbonyl (C=O) groups is 4. The zero-order chi connectivity index (χ0) is 21.5. The highest BCUT2D eigenvalue weighted by molar-refractivity contribution is 5.88. The van der Waals surface area contributed by atoms with E-state index in [1.807, 2.05) is 36.4 Å². The highest BCUT2D eigenvalue weighted by atomic mass is 16.5. The fraction of sp³-hybridized carbons (Fsp3) is 0.304. The first kappa shape index (κ1) is 21.2. The molecule has 7 heteroatoms. The van der Waals surface area contributed by atoms with Crippen molar-refractivity contribution in [3.63, 3.8) is 0 Å². The summed E-state index contributed by atoms with van der Waals surface area (Å²) in [6.07, 6.45) is -0.593. The maximum atomic E-state index is 12.1. The second kappa shape index (κ2) is 9.82. The minimum Gasteiger partial charge on any atom is -0.481 e. The summed E-state index contributed by atoms with van der Waals surface area (Å²) in [5.41, 5.74) is 4.51. The number of hydrogen-bond donors (Lipinski definition) is 2. The van der Waals surface area contributed by atoms with Crippen molar-refractivity contribution in [2.45, 2.75) is 31.6 Å². The Kier molecular flexibility index (Phi) is 6.95. The van der Waals surface area contributed by atoms with Gasteiger partial charge in [-0.05, 0) is 22.3 Å². The van der Waals surface area contributed by atoms with Gasteiger partial charge in [0, 0.05) is 18.8 Å². The Morgan fingerprint density at radius 1 is 0.833 bits per heavy atom. The van der Waals surface area contributed by atoms with Crippen LogP contribution >= 0.6 is 0 Å². The Labute approximate surface area is 174 Å². The molecule has 0 aromatic heterocycles. The van der Waals surface area contributed by atoms with Gasteiger partial charge in [0.05, 0.1) is 19.4 Å². The van der Waals surface area contributed by atoms with Crippen LogP contribution in [0, 0.1) is 0 Å². The Hall–Kier alpha value is -3.48. The van der Waals surface area contributed by atoms with E-state index in [9.17, 15) is 19.2 Å². The number of fused-ring (bicyclic) bond motifs is 3. The Balaban J connectivity index is 1.45. The van der Waals surface area contributed by atoms with E-state index in [1.165, 1.54) is 0 Å². The quantitative estimate of drug-likeness (QED) is 0.584. The van der Waals surface area contributed by atoms with Crippen molar-refractivity contribution in [3.05, 3.63) is 59.7 Å². The summed E-state index contributed by atoms with van der Waals surface area (Å²) in [7, 11) is 0. The Bertz CT molecular complexity index is 922. The van der Waals surface area contributed by atoms with Crippen molar-refractivity contribution in [1.82, 2.24) is 5.32 Å². The fourth-order valence-electron chi connectivity index (χ4n) is 3.52. The zero-order valence-electron chi connectivity index (χ0n) is 16.4. The molecule has 0 saturated heterocycles. The van der Waals surface area contributed by atoms with Crippen LogP contribution < -0.4 is 5.32 Å². The van der Waals surface area contributed by atoms with Crippen LogP contribution in [0.5, 0.6) is 0 Å². The van der Waals surface area contributed by atoms with Crippen LogP contribution in [0.2, 0.25) is 0 Å². The van der Waals surface area contributed by atoms with Gasteiger partial charge in [0.25, 0.3) is 0 Å². The smallest absolute Gasteiger partial charge is 0.306 e. The number of Topliss-reactive ketones (excluding diaryl/α,β-unsaturated/α-hetero) is 1. The first-order chi connectivity index (χ1) is 14.5. The van der Waals surface area contributed by atoms with Gasteiger partial charge in [-0.2, -0.15) is 0 Å². The lowest BCUT2D eigenvalue weighted by atomic mass is 9.98. The molecular weight excluding hydrogens is 386 g/mol.